The van der Waals surface area contributed by atoms with Crippen molar-refractivity contribution in [3.8, 4) is 0 Å². The third-order valence-electron chi connectivity index (χ3n) is 4.67. The normalized spacial score (nSPS) is 19.0. The van der Waals surface area contributed by atoms with Gasteiger partial charge in [0.15, 0.2) is 0 Å². The van der Waals surface area contributed by atoms with Crippen LogP contribution in [0.25, 0.3) is 6.08 Å². The van der Waals surface area contributed by atoms with E-state index in [0.29, 0.717) is 25.2 Å². The standard InChI is InChI=1S/C20H19F4N3O/c1-13-12-27(19(28)26-16-5-3-8-25-11-16)9-7-14(13)10-15-4-2-6-17(18(15)21)20(22,23)24/h2-6,8,10-11,13H,7,9,12H2,1H3,(H,26,28). The molecule has 0 radical (unpaired) electrons. The first-order valence-corrected chi connectivity index (χ1v) is 8.78. The maximum Gasteiger partial charge on any atom is 0.419 e. The number of likely N-dealkylation sites (tertiary alicyclic amines) is 1. The fourth-order valence-corrected chi connectivity index (χ4v) is 3.17. The van der Waals surface area contributed by atoms with Gasteiger partial charge in [0.1, 0.15) is 5.82 Å². The highest BCUT2D eigenvalue weighted by atomic mass is 19.4. The van der Waals surface area contributed by atoms with Crippen LogP contribution in [0.3, 0.4) is 0 Å². The fourth-order valence-electron chi connectivity index (χ4n) is 3.17. The Labute approximate surface area is 159 Å². The van der Waals surface area contributed by atoms with Crippen LogP contribution in [-0.2, 0) is 6.18 Å². The SMILES string of the molecule is CC1CN(C(=O)Nc2cccnc2)CCC1=Cc1cccc(C(F)(F)F)c1F. The molecule has 1 atom stereocenters. The number of urea groups is 1. The maximum absolute atomic E-state index is 14.3. The summed E-state index contributed by atoms with van der Waals surface area (Å²) in [4.78, 5) is 17.9. The zero-order valence-corrected chi connectivity index (χ0v) is 15.1. The Bertz CT molecular complexity index is 881. The first-order valence-electron chi connectivity index (χ1n) is 8.78. The average Bonchev–Trinajstić information content (AvgIpc) is 2.64. The first kappa shape index (κ1) is 19.9. The predicted molar refractivity (Wildman–Crippen MR) is 98.0 cm³/mol. The number of alkyl halides is 3. The van der Waals surface area contributed by atoms with E-state index in [9.17, 15) is 22.4 Å². The molecule has 1 aliphatic heterocycles. The molecule has 148 valence electrons. The van der Waals surface area contributed by atoms with Gasteiger partial charge in [0.25, 0.3) is 0 Å². The lowest BCUT2D eigenvalue weighted by atomic mass is 9.91. The smallest absolute Gasteiger partial charge is 0.324 e. The number of anilines is 1. The van der Waals surface area contributed by atoms with E-state index in [1.165, 1.54) is 24.4 Å². The van der Waals surface area contributed by atoms with Gasteiger partial charge in [0, 0.05) is 24.8 Å². The van der Waals surface area contributed by atoms with Crippen molar-refractivity contribution >= 4 is 17.8 Å². The molecular formula is C20H19F4N3O. The van der Waals surface area contributed by atoms with Crippen LogP contribution in [0.4, 0.5) is 28.0 Å². The molecule has 2 amide bonds. The second kappa shape index (κ2) is 8.00. The first-order chi connectivity index (χ1) is 13.3. The summed E-state index contributed by atoms with van der Waals surface area (Å²) < 4.78 is 52.9. The summed E-state index contributed by atoms with van der Waals surface area (Å²) in [5, 5.41) is 2.75. The van der Waals surface area contributed by atoms with Crippen molar-refractivity contribution in [3.05, 3.63) is 65.2 Å². The van der Waals surface area contributed by atoms with Crippen molar-refractivity contribution in [3.63, 3.8) is 0 Å². The lowest BCUT2D eigenvalue weighted by molar-refractivity contribution is -0.140. The number of pyridine rings is 1. The number of halogens is 4. The van der Waals surface area contributed by atoms with E-state index in [1.807, 2.05) is 6.92 Å². The number of nitrogens with one attached hydrogen (secondary N) is 1. The van der Waals surface area contributed by atoms with Gasteiger partial charge in [-0.15, -0.1) is 0 Å². The van der Waals surface area contributed by atoms with Crippen molar-refractivity contribution in [2.75, 3.05) is 18.4 Å². The van der Waals surface area contributed by atoms with E-state index >= 15 is 0 Å². The highest BCUT2D eigenvalue weighted by Gasteiger charge is 2.34. The molecule has 0 bridgehead atoms. The molecule has 1 saturated heterocycles. The van der Waals surface area contributed by atoms with Gasteiger partial charge >= 0.3 is 12.2 Å². The molecular weight excluding hydrogens is 374 g/mol. The zero-order chi connectivity index (χ0) is 20.3. The zero-order valence-electron chi connectivity index (χ0n) is 15.1. The Morgan fingerprint density at radius 2 is 2.07 bits per heavy atom. The van der Waals surface area contributed by atoms with Crippen LogP contribution >= 0.6 is 0 Å². The van der Waals surface area contributed by atoms with E-state index in [2.05, 4.69) is 10.3 Å². The minimum atomic E-state index is -4.74. The molecule has 8 heteroatoms. The van der Waals surface area contributed by atoms with Crippen molar-refractivity contribution in [1.82, 2.24) is 9.88 Å². The molecule has 1 aliphatic rings. The highest BCUT2D eigenvalue weighted by molar-refractivity contribution is 5.89. The Balaban J connectivity index is 1.71. The van der Waals surface area contributed by atoms with Gasteiger partial charge < -0.3 is 10.2 Å². The second-order valence-electron chi connectivity index (χ2n) is 6.69. The summed E-state index contributed by atoms with van der Waals surface area (Å²) in [6.07, 6.45) is 0.316. The molecule has 0 saturated carbocycles. The molecule has 28 heavy (non-hydrogen) atoms. The monoisotopic (exact) mass is 393 g/mol. The van der Waals surface area contributed by atoms with Gasteiger partial charge in [-0.1, -0.05) is 30.7 Å². The molecule has 0 aliphatic carbocycles. The molecule has 1 aromatic carbocycles. The third-order valence-corrected chi connectivity index (χ3v) is 4.67. The van der Waals surface area contributed by atoms with E-state index in [1.54, 1.807) is 23.2 Å². The van der Waals surface area contributed by atoms with E-state index in [0.717, 1.165) is 11.6 Å². The van der Waals surface area contributed by atoms with Crippen molar-refractivity contribution in [2.24, 2.45) is 5.92 Å². The summed E-state index contributed by atoms with van der Waals surface area (Å²) in [5.74, 6) is -1.38. The predicted octanol–water partition coefficient (Wildman–Crippen LogP) is 5.20. The van der Waals surface area contributed by atoms with E-state index in [4.69, 9.17) is 0 Å². The highest BCUT2D eigenvalue weighted by Crippen LogP contribution is 2.34. The molecule has 1 N–H and O–H groups in total. The van der Waals surface area contributed by atoms with Gasteiger partial charge in [-0.3, -0.25) is 4.98 Å². The van der Waals surface area contributed by atoms with Gasteiger partial charge in [-0.05, 0) is 30.5 Å². The van der Waals surface area contributed by atoms with Crippen molar-refractivity contribution < 1.29 is 22.4 Å². The molecule has 2 heterocycles. The van der Waals surface area contributed by atoms with Crippen molar-refractivity contribution in [2.45, 2.75) is 19.5 Å². The number of amides is 2. The molecule has 1 unspecified atom stereocenters. The quantitative estimate of drug-likeness (QED) is 0.713. The maximum atomic E-state index is 14.3. The second-order valence-corrected chi connectivity index (χ2v) is 6.69. The molecule has 1 fully saturated rings. The molecule has 1 aromatic heterocycles. The van der Waals surface area contributed by atoms with Crippen molar-refractivity contribution in [1.29, 1.82) is 0 Å². The Hall–Kier alpha value is -2.90. The van der Waals surface area contributed by atoms with Gasteiger partial charge in [-0.25, -0.2) is 9.18 Å². The van der Waals surface area contributed by atoms with Gasteiger partial charge in [0.05, 0.1) is 17.4 Å². The van der Waals surface area contributed by atoms with Crippen LogP contribution in [0, 0.1) is 11.7 Å². The lowest BCUT2D eigenvalue weighted by Gasteiger charge is -2.33. The summed E-state index contributed by atoms with van der Waals surface area (Å²) >= 11 is 0. The lowest BCUT2D eigenvalue weighted by Crippen LogP contribution is -2.42. The minimum absolute atomic E-state index is 0.0927. The van der Waals surface area contributed by atoms with Crippen LogP contribution in [-0.4, -0.2) is 29.0 Å². The molecule has 3 rings (SSSR count). The number of hydrogen-bond acceptors (Lipinski definition) is 2. The van der Waals surface area contributed by atoms with E-state index < -0.39 is 17.6 Å². The fraction of sp³-hybridized carbons (Fsp3) is 0.300. The molecule has 4 nitrogen and oxygen atoms in total. The molecule has 0 spiro atoms. The molecule has 2 aromatic rings. The van der Waals surface area contributed by atoms with Crippen LogP contribution in [0.2, 0.25) is 0 Å². The van der Waals surface area contributed by atoms with Crippen LogP contribution in [0.15, 0.2) is 48.3 Å². The number of piperidine rings is 1. The topological polar surface area (TPSA) is 45.2 Å². The summed E-state index contributed by atoms with van der Waals surface area (Å²) in [5.41, 5.74) is 0.0175. The van der Waals surface area contributed by atoms with Crippen LogP contribution in [0.5, 0.6) is 0 Å². The Morgan fingerprint density at radius 3 is 2.71 bits per heavy atom. The number of carbonyl (C=O) groups excluding carboxylic acids is 1. The minimum Gasteiger partial charge on any atom is -0.324 e. The van der Waals surface area contributed by atoms with E-state index in [-0.39, 0.29) is 17.5 Å². The Morgan fingerprint density at radius 1 is 1.29 bits per heavy atom. The largest absolute Gasteiger partial charge is 0.419 e. The van der Waals surface area contributed by atoms with Gasteiger partial charge in [0.2, 0.25) is 0 Å². The summed E-state index contributed by atoms with van der Waals surface area (Å²) in [6.45, 7) is 2.64. The number of benzene rings is 1. The number of nitrogens with zero attached hydrogens (tertiary/aromatic N) is 2. The third kappa shape index (κ3) is 4.49. The number of aromatic nitrogens is 1. The number of rotatable bonds is 2. The Kier molecular flexibility index (Phi) is 5.67. The average molecular weight is 393 g/mol. The summed E-state index contributed by atoms with van der Waals surface area (Å²) in [6, 6.07) is 6.40. The summed E-state index contributed by atoms with van der Waals surface area (Å²) in [7, 11) is 0. The number of hydrogen-bond donors (Lipinski definition) is 1. The van der Waals surface area contributed by atoms with Gasteiger partial charge in [-0.2, -0.15) is 13.2 Å². The number of carbonyl (C=O) groups is 1. The van der Waals surface area contributed by atoms with Crippen LogP contribution in [0.1, 0.15) is 24.5 Å². The van der Waals surface area contributed by atoms with Crippen LogP contribution < -0.4 is 5.32 Å².